The average Bonchev–Trinajstić information content (AvgIpc) is 2.66. The van der Waals surface area contributed by atoms with Crippen LogP contribution in [0.1, 0.15) is 0 Å². The first-order valence-electron chi connectivity index (χ1n) is 5.60. The number of aliphatic hydroxyl groups excluding tert-OH is 4. The van der Waals surface area contributed by atoms with Gasteiger partial charge in [0.2, 0.25) is 6.35 Å². The Hall–Kier alpha value is -1.19. The van der Waals surface area contributed by atoms with Crippen LogP contribution in [0.4, 0.5) is 0 Å². The maximum Gasteiger partial charge on any atom is 0.229 e. The maximum atomic E-state index is 10.0. The predicted molar refractivity (Wildman–Crippen MR) is 60.9 cm³/mol. The molecular formula is C10H17N3O5. The summed E-state index contributed by atoms with van der Waals surface area (Å²) in [6, 6.07) is 0. The third kappa shape index (κ3) is 2.20. The van der Waals surface area contributed by atoms with E-state index in [1.54, 1.807) is 0 Å². The third-order valence-electron chi connectivity index (χ3n) is 3.16. The molecule has 0 aliphatic carbocycles. The van der Waals surface area contributed by atoms with Crippen LogP contribution in [0, 0.1) is 5.92 Å². The standard InChI is InChI=1S/C10H17N3O5/c11-7-1-2-13(10(17)12-7)9-8(16)5(3-14)6(4-15)18-9/h1-2,5-6,8-10,14-17H,3-4H2,(H2,11,12). The van der Waals surface area contributed by atoms with Gasteiger partial charge in [-0.15, -0.1) is 0 Å². The molecule has 0 bridgehead atoms. The van der Waals surface area contributed by atoms with Crippen molar-refractivity contribution in [3.8, 4) is 0 Å². The number of rotatable bonds is 3. The molecule has 8 nitrogen and oxygen atoms in total. The second kappa shape index (κ2) is 5.21. The van der Waals surface area contributed by atoms with Gasteiger partial charge in [0, 0.05) is 12.1 Å². The summed E-state index contributed by atoms with van der Waals surface area (Å²) in [4.78, 5) is 4.99. The van der Waals surface area contributed by atoms with Gasteiger partial charge in [0.15, 0.2) is 6.23 Å². The summed E-state index contributed by atoms with van der Waals surface area (Å²) in [5.74, 6) is -0.437. The number of nitrogens with zero attached hydrogens (tertiary/aromatic N) is 2. The van der Waals surface area contributed by atoms with Crippen LogP contribution in [0.25, 0.3) is 0 Å². The molecule has 0 saturated carbocycles. The van der Waals surface area contributed by atoms with Gasteiger partial charge < -0.3 is 35.8 Å². The number of nitrogens with two attached hydrogens (primary N) is 1. The third-order valence-corrected chi connectivity index (χ3v) is 3.16. The molecule has 102 valence electrons. The highest BCUT2D eigenvalue weighted by Gasteiger charge is 2.46. The first-order chi connectivity index (χ1) is 8.58. The van der Waals surface area contributed by atoms with Crippen molar-refractivity contribution in [2.24, 2.45) is 16.6 Å². The molecule has 5 atom stereocenters. The molecule has 1 saturated heterocycles. The van der Waals surface area contributed by atoms with Crippen LogP contribution in [0.2, 0.25) is 0 Å². The molecule has 2 rings (SSSR count). The van der Waals surface area contributed by atoms with Crippen molar-refractivity contribution in [1.29, 1.82) is 0 Å². The lowest BCUT2D eigenvalue weighted by Crippen LogP contribution is -2.47. The van der Waals surface area contributed by atoms with Crippen molar-refractivity contribution >= 4 is 5.84 Å². The van der Waals surface area contributed by atoms with E-state index in [1.807, 2.05) is 0 Å². The van der Waals surface area contributed by atoms with Crippen LogP contribution in [-0.4, -0.2) is 69.2 Å². The number of amidine groups is 1. The number of hydrogen-bond acceptors (Lipinski definition) is 8. The Bertz CT molecular complexity index is 361. The molecule has 5 unspecified atom stereocenters. The SMILES string of the molecule is NC1=NC(O)N(C2OC(CO)C(CO)C2O)C=C1. The van der Waals surface area contributed by atoms with Gasteiger partial charge in [0.1, 0.15) is 11.9 Å². The largest absolute Gasteiger partial charge is 0.396 e. The van der Waals surface area contributed by atoms with Gasteiger partial charge in [-0.25, -0.2) is 4.99 Å². The molecule has 0 aromatic rings. The van der Waals surface area contributed by atoms with Crippen molar-refractivity contribution in [3.63, 3.8) is 0 Å². The zero-order chi connectivity index (χ0) is 13.3. The summed E-state index contributed by atoms with van der Waals surface area (Å²) in [5, 5.41) is 38.0. The van der Waals surface area contributed by atoms with Crippen LogP contribution < -0.4 is 5.73 Å². The molecule has 1 fully saturated rings. The molecule has 0 amide bonds. The number of ether oxygens (including phenoxy) is 1. The lowest BCUT2D eigenvalue weighted by atomic mass is 9.99. The highest BCUT2D eigenvalue weighted by molar-refractivity contribution is 5.91. The topological polar surface area (TPSA) is 132 Å². The van der Waals surface area contributed by atoms with E-state index in [4.69, 9.17) is 20.7 Å². The average molecular weight is 259 g/mol. The van der Waals surface area contributed by atoms with E-state index >= 15 is 0 Å². The lowest BCUT2D eigenvalue weighted by molar-refractivity contribution is -0.129. The quantitative estimate of drug-likeness (QED) is 0.368. The first-order valence-corrected chi connectivity index (χ1v) is 5.60. The molecule has 2 aliphatic rings. The summed E-state index contributed by atoms with van der Waals surface area (Å²) in [7, 11) is 0. The van der Waals surface area contributed by atoms with Gasteiger partial charge in [-0.2, -0.15) is 0 Å². The minimum Gasteiger partial charge on any atom is -0.396 e. The molecule has 18 heavy (non-hydrogen) atoms. The van der Waals surface area contributed by atoms with E-state index in [-0.39, 0.29) is 19.0 Å². The Morgan fingerprint density at radius 2 is 2.06 bits per heavy atom. The van der Waals surface area contributed by atoms with Crippen LogP contribution in [0.5, 0.6) is 0 Å². The Morgan fingerprint density at radius 3 is 2.56 bits per heavy atom. The smallest absolute Gasteiger partial charge is 0.229 e. The molecule has 0 aromatic heterocycles. The first kappa shape index (κ1) is 13.2. The van der Waals surface area contributed by atoms with E-state index in [1.165, 1.54) is 17.2 Å². The van der Waals surface area contributed by atoms with Crippen molar-refractivity contribution < 1.29 is 25.2 Å². The van der Waals surface area contributed by atoms with E-state index < -0.39 is 30.7 Å². The van der Waals surface area contributed by atoms with Crippen LogP contribution >= 0.6 is 0 Å². The zero-order valence-electron chi connectivity index (χ0n) is 9.62. The minimum absolute atomic E-state index is 0.170. The van der Waals surface area contributed by atoms with Crippen LogP contribution in [0.3, 0.4) is 0 Å². The van der Waals surface area contributed by atoms with Crippen LogP contribution in [-0.2, 0) is 4.74 Å². The molecule has 0 radical (unpaired) electrons. The Labute approximate surface area is 104 Å². The maximum absolute atomic E-state index is 10.0. The Balaban J connectivity index is 2.13. The van der Waals surface area contributed by atoms with Crippen molar-refractivity contribution in [2.75, 3.05) is 13.2 Å². The molecule has 6 N–H and O–H groups in total. The molecule has 2 aliphatic heterocycles. The van der Waals surface area contributed by atoms with Crippen molar-refractivity contribution in [2.45, 2.75) is 24.8 Å². The van der Waals surface area contributed by atoms with Gasteiger partial charge in [0.05, 0.1) is 19.3 Å². The number of aliphatic hydroxyl groups is 4. The summed E-state index contributed by atoms with van der Waals surface area (Å²) < 4.78 is 5.42. The minimum atomic E-state index is -1.26. The summed E-state index contributed by atoms with van der Waals surface area (Å²) in [6.07, 6.45) is -0.952. The highest BCUT2D eigenvalue weighted by Crippen LogP contribution is 2.30. The lowest BCUT2D eigenvalue weighted by Gasteiger charge is -2.33. The number of aliphatic imine (C=N–C) groups is 1. The summed E-state index contributed by atoms with van der Waals surface area (Å²) >= 11 is 0. The summed E-state index contributed by atoms with van der Waals surface area (Å²) in [6.45, 7) is -0.639. The highest BCUT2D eigenvalue weighted by atomic mass is 16.6. The Kier molecular flexibility index (Phi) is 3.83. The fraction of sp³-hybridized carbons (Fsp3) is 0.700. The van der Waals surface area contributed by atoms with Crippen molar-refractivity contribution in [3.05, 3.63) is 12.3 Å². The number of hydrogen-bond donors (Lipinski definition) is 5. The molecule has 8 heteroatoms. The molecule has 0 aromatic carbocycles. The van der Waals surface area contributed by atoms with Crippen molar-refractivity contribution in [1.82, 2.24) is 4.90 Å². The second-order valence-electron chi connectivity index (χ2n) is 4.25. The van der Waals surface area contributed by atoms with Gasteiger partial charge >= 0.3 is 0 Å². The van der Waals surface area contributed by atoms with E-state index in [0.717, 1.165) is 0 Å². The molecule has 0 spiro atoms. The fourth-order valence-corrected chi connectivity index (χ4v) is 2.14. The van der Waals surface area contributed by atoms with Gasteiger partial charge in [-0.3, -0.25) is 0 Å². The van der Waals surface area contributed by atoms with Gasteiger partial charge in [-0.05, 0) is 6.08 Å². The van der Waals surface area contributed by atoms with E-state index in [0.29, 0.717) is 0 Å². The van der Waals surface area contributed by atoms with E-state index in [9.17, 15) is 10.2 Å². The second-order valence-corrected chi connectivity index (χ2v) is 4.25. The monoisotopic (exact) mass is 259 g/mol. The summed E-state index contributed by atoms with van der Waals surface area (Å²) in [5.41, 5.74) is 5.42. The van der Waals surface area contributed by atoms with Gasteiger partial charge in [0.25, 0.3) is 0 Å². The fourth-order valence-electron chi connectivity index (χ4n) is 2.14. The zero-order valence-corrected chi connectivity index (χ0v) is 9.62. The Morgan fingerprint density at radius 1 is 1.33 bits per heavy atom. The molecule has 2 heterocycles. The normalized spacial score (nSPS) is 40.1. The van der Waals surface area contributed by atoms with E-state index in [2.05, 4.69) is 4.99 Å². The molecular weight excluding hydrogens is 242 g/mol. The van der Waals surface area contributed by atoms with Crippen LogP contribution in [0.15, 0.2) is 17.3 Å². The van der Waals surface area contributed by atoms with Gasteiger partial charge in [-0.1, -0.05) is 0 Å². The predicted octanol–water partition coefficient (Wildman–Crippen LogP) is -2.86.